The van der Waals surface area contributed by atoms with E-state index in [1.165, 1.54) is 109 Å². The number of allylic oxidation sites excluding steroid dienone is 1. The molecule has 6 rings (SSSR count). The highest BCUT2D eigenvalue weighted by Gasteiger charge is 2.76. The van der Waals surface area contributed by atoms with Gasteiger partial charge in [0, 0.05) is 33.3 Å². The van der Waals surface area contributed by atoms with Crippen molar-refractivity contribution < 1.29 is 17.5 Å². The zero-order chi connectivity index (χ0) is 40.9. The van der Waals surface area contributed by atoms with Gasteiger partial charge in [0.25, 0.3) is 6.47 Å². The average Bonchev–Trinajstić information content (AvgIpc) is 3.58. The van der Waals surface area contributed by atoms with E-state index >= 15 is 0 Å². The number of hydrogen-bond donors (Lipinski definition) is 2. The number of piperidine rings is 1. The first-order chi connectivity index (χ1) is 25.3. The van der Waals surface area contributed by atoms with Gasteiger partial charge in [-0.25, -0.2) is 0 Å². The molecule has 53 heavy (non-hydrogen) atoms. The van der Waals surface area contributed by atoms with Crippen LogP contribution < -0.4 is 5.32 Å². The van der Waals surface area contributed by atoms with Gasteiger partial charge in [-0.15, -0.1) is 0 Å². The van der Waals surface area contributed by atoms with Crippen LogP contribution in [0.15, 0.2) is 12.2 Å². The highest BCUT2D eigenvalue weighted by atomic mass is 16.3. The maximum Gasteiger partial charge on any atom is 0.290 e. The molecular weight excluding hydrogens is 653 g/mol. The van der Waals surface area contributed by atoms with Crippen LogP contribution in [0.25, 0.3) is 0 Å². The highest BCUT2D eigenvalue weighted by Crippen LogP contribution is 2.81. The van der Waals surface area contributed by atoms with Gasteiger partial charge in [-0.1, -0.05) is 116 Å². The zero-order valence-electron chi connectivity index (χ0n) is 38.2. The molecule has 1 unspecified atom stereocenters. The Kier molecular flexibility index (Phi) is 20.1. The van der Waals surface area contributed by atoms with Crippen molar-refractivity contribution in [3.63, 3.8) is 0 Å². The van der Waals surface area contributed by atoms with Crippen molar-refractivity contribution >= 4 is 12.3 Å². The van der Waals surface area contributed by atoms with Gasteiger partial charge in [0.15, 0.2) is 0 Å². The van der Waals surface area contributed by atoms with Gasteiger partial charge in [-0.2, -0.15) is 0 Å². The van der Waals surface area contributed by atoms with Gasteiger partial charge in [0.1, 0.15) is 5.78 Å². The molecule has 6 fully saturated rings. The molecule has 5 heteroatoms. The van der Waals surface area contributed by atoms with Crippen LogP contribution in [0, 0.1) is 50.7 Å². The summed E-state index contributed by atoms with van der Waals surface area (Å²) in [7, 11) is 0. The zero-order valence-corrected chi connectivity index (χ0v) is 38.2. The number of hydrogen-bond acceptors (Lipinski definition) is 4. The lowest BCUT2D eigenvalue weighted by Gasteiger charge is -2.77. The average molecular weight is 749 g/mol. The van der Waals surface area contributed by atoms with Crippen LogP contribution in [0.4, 0.5) is 0 Å². The summed E-state index contributed by atoms with van der Waals surface area (Å²) in [6, 6.07) is 0. The molecule has 0 aromatic carbocycles. The van der Waals surface area contributed by atoms with Crippen LogP contribution in [0.5, 0.6) is 0 Å². The Morgan fingerprint density at radius 2 is 1.40 bits per heavy atom. The lowest BCUT2D eigenvalue weighted by molar-refractivity contribution is -0.276. The van der Waals surface area contributed by atoms with Gasteiger partial charge >= 0.3 is 0 Å². The number of nitrogens with zero attached hydrogens (tertiary/aromatic N) is 1. The number of rotatable bonds is 7. The lowest BCUT2D eigenvalue weighted by Crippen LogP contribution is -2.73. The SMILES string of the molecule is C=C(C)[C@@H]1CCC2(NCCN3CCCCC3)CC[C@]3(CC)[C@](CC)(CC[C@@H]4[C@@]5(C)CCC(=O)C(C)(C)[C@@H]5CC[C@]43C)[C@@H]12.CC.CC.CC.CC.O=CO.[HH].[HH]. The largest absolute Gasteiger partial charge is 0.483 e. The van der Waals surface area contributed by atoms with E-state index in [0.717, 1.165) is 25.3 Å². The molecule has 0 aromatic rings. The molecule has 1 aliphatic heterocycles. The summed E-state index contributed by atoms with van der Waals surface area (Å²) >= 11 is 0. The quantitative estimate of drug-likeness (QED) is 0.200. The summed E-state index contributed by atoms with van der Waals surface area (Å²) in [6.45, 7) is 43.0. The normalized spacial score (nSPS) is 39.2. The molecule has 9 atom stereocenters. The third-order valence-electron chi connectivity index (χ3n) is 16.4. The van der Waals surface area contributed by atoms with E-state index < -0.39 is 0 Å². The second-order valence-electron chi connectivity index (χ2n) is 17.8. The van der Waals surface area contributed by atoms with E-state index in [9.17, 15) is 4.79 Å². The van der Waals surface area contributed by atoms with Gasteiger partial charge in [0.05, 0.1) is 0 Å². The van der Waals surface area contributed by atoms with Gasteiger partial charge in [-0.05, 0) is 149 Å². The third kappa shape index (κ3) is 8.57. The first kappa shape index (κ1) is 49.8. The molecule has 0 bridgehead atoms. The van der Waals surface area contributed by atoms with E-state index in [-0.39, 0.29) is 25.7 Å². The minimum Gasteiger partial charge on any atom is -0.483 e. The Labute approximate surface area is 334 Å². The minimum absolute atomic E-state index is 0. The van der Waals surface area contributed by atoms with Crippen molar-refractivity contribution in [1.82, 2.24) is 10.2 Å². The maximum absolute atomic E-state index is 13.2. The fraction of sp³-hybridized carbons (Fsp3) is 0.917. The predicted molar refractivity (Wildman–Crippen MR) is 235 cm³/mol. The van der Waals surface area contributed by atoms with Gasteiger partial charge < -0.3 is 15.3 Å². The number of ketones is 1. The monoisotopic (exact) mass is 749 g/mol. The van der Waals surface area contributed by atoms with E-state index in [1.54, 1.807) is 0 Å². The Morgan fingerprint density at radius 1 is 0.830 bits per heavy atom. The van der Waals surface area contributed by atoms with Crippen molar-refractivity contribution in [2.45, 2.75) is 206 Å². The van der Waals surface area contributed by atoms with E-state index in [0.29, 0.717) is 39.8 Å². The van der Waals surface area contributed by atoms with Crippen LogP contribution in [-0.4, -0.2) is 54.0 Å². The predicted octanol–water partition coefficient (Wildman–Crippen LogP) is 13.5. The molecule has 1 heterocycles. The molecule has 316 valence electrons. The fourth-order valence-corrected chi connectivity index (χ4v) is 14.7. The summed E-state index contributed by atoms with van der Waals surface area (Å²) in [6.07, 6.45) is 19.5. The Bertz CT molecular complexity index is 1130. The summed E-state index contributed by atoms with van der Waals surface area (Å²) < 4.78 is 0. The number of carbonyl (C=O) groups is 2. The molecule has 0 radical (unpaired) electrons. The molecule has 6 aliphatic rings. The summed E-state index contributed by atoms with van der Waals surface area (Å²) in [5.74, 6) is 3.17. The Hall–Kier alpha value is -1.20. The highest BCUT2D eigenvalue weighted by molar-refractivity contribution is 5.85. The molecular formula is C48H96N2O3. The second kappa shape index (κ2) is 21.4. The Balaban J connectivity index is 0. The van der Waals surface area contributed by atoms with Gasteiger partial charge in [0.2, 0.25) is 0 Å². The van der Waals surface area contributed by atoms with Crippen molar-refractivity contribution in [2.24, 2.45) is 50.7 Å². The van der Waals surface area contributed by atoms with Crippen molar-refractivity contribution in [1.29, 1.82) is 0 Å². The second-order valence-corrected chi connectivity index (χ2v) is 17.8. The van der Waals surface area contributed by atoms with Gasteiger partial charge in [-0.3, -0.25) is 9.59 Å². The fourth-order valence-electron chi connectivity index (χ4n) is 14.7. The molecule has 2 N–H and O–H groups in total. The molecule has 5 saturated carbocycles. The topological polar surface area (TPSA) is 69.6 Å². The first-order valence-electron chi connectivity index (χ1n) is 23.0. The van der Waals surface area contributed by atoms with Crippen LogP contribution in [0.3, 0.4) is 0 Å². The van der Waals surface area contributed by atoms with E-state index in [1.807, 2.05) is 55.4 Å². The van der Waals surface area contributed by atoms with Crippen LogP contribution >= 0.6 is 0 Å². The summed E-state index contributed by atoms with van der Waals surface area (Å²) in [5, 5.41) is 11.3. The molecule has 0 amide bonds. The number of nitrogens with one attached hydrogen (secondary N) is 1. The van der Waals surface area contributed by atoms with Crippen molar-refractivity contribution in [3.05, 3.63) is 12.2 Å². The Morgan fingerprint density at radius 3 is 1.92 bits per heavy atom. The molecule has 0 spiro atoms. The van der Waals surface area contributed by atoms with E-state index in [4.69, 9.17) is 9.90 Å². The number of fused-ring (bicyclic) bond motifs is 7. The molecule has 5 aliphatic carbocycles. The van der Waals surface area contributed by atoms with Crippen LogP contribution in [-0.2, 0) is 9.59 Å². The maximum atomic E-state index is 13.2. The van der Waals surface area contributed by atoms with E-state index in [2.05, 4.69) is 65.3 Å². The standard InChI is InChI=1S/C39H66N2O.4C2H6.CH2O2.2H2/c1-9-37-20-16-31-35(7)18-17-32(42)34(5,6)30(35)15-19-36(31,8)39(37,10-2)23-22-38(21-14-29(28(3)4)33(37)38)40-24-27-41-25-12-11-13-26-41;4*1-2;2-1-3;;/h29-31,33,40H,3,9-27H2,1-2,4-8H3;4*1-2H3;1H,(H,2,3);2*1H/t29-,30-,31+,33+,35-,36+,37+,38?,39-;;;;;;;/m0......./s1. The summed E-state index contributed by atoms with van der Waals surface area (Å²) in [5.41, 5.74) is 2.94. The first-order valence-corrected chi connectivity index (χ1v) is 23.0. The minimum atomic E-state index is -0.250. The summed E-state index contributed by atoms with van der Waals surface area (Å²) in [4.78, 5) is 24.3. The molecule has 1 saturated heterocycles. The van der Waals surface area contributed by atoms with Crippen LogP contribution in [0.2, 0.25) is 0 Å². The van der Waals surface area contributed by atoms with Crippen molar-refractivity contribution in [2.75, 3.05) is 26.2 Å². The molecule has 5 nitrogen and oxygen atoms in total. The smallest absolute Gasteiger partial charge is 0.290 e. The lowest BCUT2D eigenvalue weighted by atomic mass is 9.28. The molecule has 0 aromatic heterocycles. The number of likely N-dealkylation sites (tertiary alicyclic amines) is 1. The van der Waals surface area contributed by atoms with Crippen molar-refractivity contribution in [3.8, 4) is 0 Å². The third-order valence-corrected chi connectivity index (χ3v) is 16.4. The number of carbonyl (C=O) groups excluding carboxylic acids is 1. The number of Topliss-reactive ketones (excluding diaryl/α,β-unsaturated/α-hetero) is 1. The number of carboxylic acid groups (broad SMARTS) is 1. The van der Waals surface area contributed by atoms with Crippen LogP contribution in [0.1, 0.15) is 203 Å².